The number of carbonyl (C=O) groups is 1. The highest BCUT2D eigenvalue weighted by Gasteiger charge is 2.04. The first-order chi connectivity index (χ1) is 10.0. The van der Waals surface area contributed by atoms with Gasteiger partial charge in [0.15, 0.2) is 0 Å². The van der Waals surface area contributed by atoms with Gasteiger partial charge >= 0.3 is 5.97 Å². The molecule has 0 bridgehead atoms. The Hall–Kier alpha value is -2.20. The largest absolute Gasteiger partial charge is 0.481 e. The molecule has 0 unspecified atom stereocenters. The minimum Gasteiger partial charge on any atom is -0.481 e. The van der Waals surface area contributed by atoms with Crippen molar-refractivity contribution in [3.8, 4) is 0 Å². The smallest absolute Gasteiger partial charge is 0.307 e. The van der Waals surface area contributed by atoms with Crippen molar-refractivity contribution in [1.82, 2.24) is 4.90 Å². The Morgan fingerprint density at radius 2 is 1.38 bits per heavy atom. The normalized spacial score (nSPS) is 10.8. The second kappa shape index (κ2) is 6.99. The lowest BCUT2D eigenvalue weighted by atomic mass is 10.1. The molecular weight excluding hydrogens is 269 g/mol. The summed E-state index contributed by atoms with van der Waals surface area (Å²) in [5, 5.41) is 8.73. The Morgan fingerprint density at radius 1 is 0.952 bits per heavy atom. The molecule has 110 valence electrons. The minimum atomic E-state index is -0.823. The second-order valence-electron chi connectivity index (χ2n) is 5.19. The van der Waals surface area contributed by atoms with Gasteiger partial charge in [0.05, 0.1) is 6.42 Å². The molecule has 21 heavy (non-hydrogen) atoms. The first kappa shape index (κ1) is 15.2. The third-order valence-electron chi connectivity index (χ3n) is 3.20. The summed E-state index contributed by atoms with van der Waals surface area (Å²) in [6.45, 7) is 1.49. The summed E-state index contributed by atoms with van der Waals surface area (Å²) in [7, 11) is 1.99. The van der Waals surface area contributed by atoms with Gasteiger partial charge in [-0.1, -0.05) is 36.4 Å². The third-order valence-corrected chi connectivity index (χ3v) is 3.20. The van der Waals surface area contributed by atoms with Crippen LogP contribution in [0.3, 0.4) is 0 Å². The lowest BCUT2D eigenvalue weighted by Gasteiger charge is -2.17. The summed E-state index contributed by atoms with van der Waals surface area (Å²) in [5.74, 6) is -1.05. The maximum atomic E-state index is 12.8. The van der Waals surface area contributed by atoms with Gasteiger partial charge in [-0.25, -0.2) is 4.39 Å². The van der Waals surface area contributed by atoms with Crippen LogP contribution in [0.15, 0.2) is 48.5 Å². The molecule has 1 N–H and O–H groups in total. The molecule has 0 aliphatic carbocycles. The van der Waals surface area contributed by atoms with E-state index in [0.717, 1.165) is 29.8 Å². The molecule has 2 aromatic rings. The third kappa shape index (κ3) is 5.00. The Balaban J connectivity index is 1.91. The molecule has 0 heterocycles. The van der Waals surface area contributed by atoms with E-state index in [1.165, 1.54) is 12.1 Å². The van der Waals surface area contributed by atoms with Crippen LogP contribution in [0, 0.1) is 5.82 Å². The number of halogens is 1. The van der Waals surface area contributed by atoms with Crippen molar-refractivity contribution in [3.05, 3.63) is 71.0 Å². The standard InChI is InChI=1S/C17H18FNO2/c1-19(12-15-6-8-16(18)9-7-15)11-14-4-2-13(3-5-14)10-17(20)21/h2-9H,10-12H2,1H3,(H,20,21). The van der Waals surface area contributed by atoms with Gasteiger partial charge in [0.25, 0.3) is 0 Å². The van der Waals surface area contributed by atoms with E-state index < -0.39 is 5.97 Å². The van der Waals surface area contributed by atoms with Crippen LogP contribution in [0.4, 0.5) is 4.39 Å². The van der Waals surface area contributed by atoms with E-state index in [-0.39, 0.29) is 12.2 Å². The summed E-state index contributed by atoms with van der Waals surface area (Å²) in [6.07, 6.45) is 0.0473. The predicted octanol–water partition coefficient (Wildman–Crippen LogP) is 3.08. The van der Waals surface area contributed by atoms with Gasteiger partial charge < -0.3 is 5.11 Å². The Kier molecular flexibility index (Phi) is 5.06. The highest BCUT2D eigenvalue weighted by Crippen LogP contribution is 2.11. The lowest BCUT2D eigenvalue weighted by molar-refractivity contribution is -0.136. The molecular formula is C17H18FNO2. The van der Waals surface area contributed by atoms with E-state index in [1.807, 2.05) is 31.3 Å². The monoisotopic (exact) mass is 287 g/mol. The molecule has 0 saturated heterocycles. The fourth-order valence-corrected chi connectivity index (χ4v) is 2.21. The number of aliphatic carboxylic acids is 1. The summed E-state index contributed by atoms with van der Waals surface area (Å²) in [6, 6.07) is 14.1. The minimum absolute atomic E-state index is 0.0473. The predicted molar refractivity (Wildman–Crippen MR) is 79.4 cm³/mol. The van der Waals surface area contributed by atoms with E-state index in [4.69, 9.17) is 5.11 Å². The van der Waals surface area contributed by atoms with E-state index in [0.29, 0.717) is 0 Å². The first-order valence-corrected chi connectivity index (χ1v) is 6.75. The molecule has 3 nitrogen and oxygen atoms in total. The number of hydrogen-bond acceptors (Lipinski definition) is 2. The van der Waals surface area contributed by atoms with Gasteiger partial charge in [-0.3, -0.25) is 9.69 Å². The molecule has 0 radical (unpaired) electrons. The number of nitrogens with zero attached hydrogens (tertiary/aromatic N) is 1. The topological polar surface area (TPSA) is 40.5 Å². The molecule has 0 spiro atoms. The zero-order chi connectivity index (χ0) is 15.2. The zero-order valence-electron chi connectivity index (χ0n) is 11.9. The summed E-state index contributed by atoms with van der Waals surface area (Å²) in [5.41, 5.74) is 2.97. The van der Waals surface area contributed by atoms with Gasteiger partial charge in [0.1, 0.15) is 5.82 Å². The number of benzene rings is 2. The molecule has 4 heteroatoms. The molecule has 0 atom stereocenters. The van der Waals surface area contributed by atoms with Crippen LogP contribution < -0.4 is 0 Å². The van der Waals surface area contributed by atoms with Gasteiger partial charge in [-0.2, -0.15) is 0 Å². The van der Waals surface area contributed by atoms with Crippen molar-refractivity contribution in [2.24, 2.45) is 0 Å². The van der Waals surface area contributed by atoms with Gasteiger partial charge in [0.2, 0.25) is 0 Å². The molecule has 0 aliphatic heterocycles. The van der Waals surface area contributed by atoms with Crippen molar-refractivity contribution in [1.29, 1.82) is 0 Å². The maximum absolute atomic E-state index is 12.8. The van der Waals surface area contributed by atoms with Gasteiger partial charge in [-0.05, 0) is 35.9 Å². The van der Waals surface area contributed by atoms with Crippen molar-refractivity contribution in [3.63, 3.8) is 0 Å². The highest BCUT2D eigenvalue weighted by atomic mass is 19.1. The van der Waals surface area contributed by atoms with Crippen LogP contribution in [0.1, 0.15) is 16.7 Å². The van der Waals surface area contributed by atoms with Gasteiger partial charge in [0, 0.05) is 13.1 Å². The molecule has 2 rings (SSSR count). The average molecular weight is 287 g/mol. The second-order valence-corrected chi connectivity index (χ2v) is 5.19. The maximum Gasteiger partial charge on any atom is 0.307 e. The van der Waals surface area contributed by atoms with Gasteiger partial charge in [-0.15, -0.1) is 0 Å². The van der Waals surface area contributed by atoms with E-state index >= 15 is 0 Å². The molecule has 0 amide bonds. The summed E-state index contributed by atoms with van der Waals surface area (Å²) >= 11 is 0. The number of carboxylic acid groups (broad SMARTS) is 1. The molecule has 0 aromatic heterocycles. The average Bonchev–Trinajstić information content (AvgIpc) is 2.43. The molecule has 0 saturated carbocycles. The molecule has 0 fully saturated rings. The van der Waals surface area contributed by atoms with Crippen molar-refractivity contribution < 1.29 is 14.3 Å². The first-order valence-electron chi connectivity index (χ1n) is 6.75. The molecule has 0 aliphatic rings. The summed E-state index contributed by atoms with van der Waals surface area (Å²) < 4.78 is 12.8. The van der Waals surface area contributed by atoms with Crippen LogP contribution in [0.5, 0.6) is 0 Å². The van der Waals surface area contributed by atoms with E-state index in [2.05, 4.69) is 4.90 Å². The van der Waals surface area contributed by atoms with Crippen molar-refractivity contribution >= 4 is 5.97 Å². The fourth-order valence-electron chi connectivity index (χ4n) is 2.21. The fraction of sp³-hybridized carbons (Fsp3) is 0.235. The molecule has 2 aromatic carbocycles. The zero-order valence-corrected chi connectivity index (χ0v) is 11.9. The number of rotatable bonds is 6. The van der Waals surface area contributed by atoms with Crippen LogP contribution in [-0.4, -0.2) is 23.0 Å². The Bertz CT molecular complexity index is 593. The number of carboxylic acids is 1. The highest BCUT2D eigenvalue weighted by molar-refractivity contribution is 5.70. The quantitative estimate of drug-likeness (QED) is 0.887. The van der Waals surface area contributed by atoms with E-state index in [9.17, 15) is 9.18 Å². The van der Waals surface area contributed by atoms with Crippen LogP contribution in [0.25, 0.3) is 0 Å². The van der Waals surface area contributed by atoms with Crippen molar-refractivity contribution in [2.45, 2.75) is 19.5 Å². The van der Waals surface area contributed by atoms with Crippen LogP contribution in [-0.2, 0) is 24.3 Å². The Labute approximate surface area is 123 Å². The van der Waals surface area contributed by atoms with Crippen LogP contribution in [0.2, 0.25) is 0 Å². The number of hydrogen-bond donors (Lipinski definition) is 1. The van der Waals surface area contributed by atoms with Crippen LogP contribution >= 0.6 is 0 Å². The SMILES string of the molecule is CN(Cc1ccc(F)cc1)Cc1ccc(CC(=O)O)cc1. The van der Waals surface area contributed by atoms with Crippen molar-refractivity contribution in [2.75, 3.05) is 7.05 Å². The Morgan fingerprint density at radius 3 is 1.86 bits per heavy atom. The lowest BCUT2D eigenvalue weighted by Crippen LogP contribution is -2.17. The summed E-state index contributed by atoms with van der Waals surface area (Å²) in [4.78, 5) is 12.7. The van der Waals surface area contributed by atoms with E-state index in [1.54, 1.807) is 12.1 Å².